The van der Waals surface area contributed by atoms with Crippen LogP contribution < -0.4 is 0 Å². The van der Waals surface area contributed by atoms with Gasteiger partial charge in [-0.15, -0.1) is 0 Å². The Kier molecular flexibility index (Phi) is 3.20. The largest absolute Gasteiger partial charge is 0.381 e. The van der Waals surface area contributed by atoms with Crippen molar-refractivity contribution in [1.29, 1.82) is 0 Å². The number of hydrogen-bond acceptors (Lipinski definition) is 1. The van der Waals surface area contributed by atoms with E-state index in [1.54, 1.807) is 0 Å². The summed E-state index contributed by atoms with van der Waals surface area (Å²) in [4.78, 5) is 0. The van der Waals surface area contributed by atoms with E-state index in [4.69, 9.17) is 4.74 Å². The molecule has 1 heteroatoms. The van der Waals surface area contributed by atoms with Crippen molar-refractivity contribution in [2.45, 2.75) is 38.7 Å². The minimum atomic E-state index is 0.513. The monoisotopic (exact) mass is 141 g/mol. The van der Waals surface area contributed by atoms with Crippen LogP contribution in [-0.4, -0.2) is 13.2 Å². The summed E-state index contributed by atoms with van der Waals surface area (Å²) in [5.74, 6) is 0.721. The number of hydrogen-bond donors (Lipinski definition) is 0. The van der Waals surface area contributed by atoms with Crippen LogP contribution in [0.1, 0.15) is 32.6 Å². The Morgan fingerprint density at radius 1 is 1.30 bits per heavy atom. The zero-order valence-electron chi connectivity index (χ0n) is 6.97. The van der Waals surface area contributed by atoms with Gasteiger partial charge in [0.25, 0.3) is 0 Å². The van der Waals surface area contributed by atoms with Crippen LogP contribution in [-0.2, 0) is 4.74 Å². The number of ether oxygens (including phenoxy) is 1. The lowest BCUT2D eigenvalue weighted by molar-refractivity contribution is 0.0360. The molecule has 0 spiro atoms. The molecule has 1 radical (unpaired) electrons. The van der Waals surface area contributed by atoms with E-state index in [2.05, 4.69) is 13.3 Å². The van der Waals surface area contributed by atoms with E-state index in [-0.39, 0.29) is 0 Å². The summed E-state index contributed by atoms with van der Waals surface area (Å²) in [5.41, 5.74) is 0. The molecule has 1 aliphatic carbocycles. The van der Waals surface area contributed by atoms with Crippen molar-refractivity contribution in [3.8, 4) is 0 Å². The summed E-state index contributed by atoms with van der Waals surface area (Å²) >= 11 is 0. The van der Waals surface area contributed by atoms with Crippen molar-refractivity contribution in [3.05, 3.63) is 6.42 Å². The van der Waals surface area contributed by atoms with Crippen LogP contribution in [0.4, 0.5) is 0 Å². The van der Waals surface area contributed by atoms with Gasteiger partial charge >= 0.3 is 0 Å². The smallest absolute Gasteiger partial charge is 0.0602 e. The maximum absolute atomic E-state index is 5.36. The molecule has 2 atom stereocenters. The quantitative estimate of drug-likeness (QED) is 0.574. The molecule has 0 saturated heterocycles. The van der Waals surface area contributed by atoms with E-state index in [1.165, 1.54) is 25.7 Å². The molecule has 0 aromatic carbocycles. The first kappa shape index (κ1) is 8.06. The van der Waals surface area contributed by atoms with Crippen molar-refractivity contribution in [2.24, 2.45) is 5.92 Å². The third-order valence-electron chi connectivity index (χ3n) is 2.48. The van der Waals surface area contributed by atoms with Gasteiger partial charge in [0.1, 0.15) is 0 Å². The van der Waals surface area contributed by atoms with E-state index in [0.29, 0.717) is 6.10 Å². The molecule has 0 aliphatic heterocycles. The predicted molar refractivity (Wildman–Crippen MR) is 42.7 cm³/mol. The highest BCUT2D eigenvalue weighted by molar-refractivity contribution is 4.83. The van der Waals surface area contributed by atoms with Gasteiger partial charge < -0.3 is 4.74 Å². The molecule has 59 valence electrons. The molecule has 0 aromatic rings. The molecule has 1 aliphatic rings. The normalized spacial score (nSPS) is 34.2. The zero-order valence-corrected chi connectivity index (χ0v) is 6.97. The molecule has 0 bridgehead atoms. The van der Waals surface area contributed by atoms with Gasteiger partial charge in [-0.25, -0.2) is 0 Å². The van der Waals surface area contributed by atoms with Crippen molar-refractivity contribution in [3.63, 3.8) is 0 Å². The molecule has 0 N–H and O–H groups in total. The van der Waals surface area contributed by atoms with E-state index < -0.39 is 0 Å². The Hall–Kier alpha value is -0.0400. The van der Waals surface area contributed by atoms with Gasteiger partial charge in [-0.05, 0) is 25.2 Å². The molecular formula is C9H17O. The first-order valence-corrected chi connectivity index (χ1v) is 4.20. The third kappa shape index (κ3) is 1.72. The maximum atomic E-state index is 5.36. The van der Waals surface area contributed by atoms with Crippen LogP contribution >= 0.6 is 0 Å². The Labute approximate surface area is 63.8 Å². The first-order chi connectivity index (χ1) is 4.88. The summed E-state index contributed by atoms with van der Waals surface area (Å²) in [6.07, 6.45) is 8.12. The Bertz CT molecular complexity index is 78.7. The lowest BCUT2D eigenvalue weighted by Crippen LogP contribution is -2.26. The summed E-state index contributed by atoms with van der Waals surface area (Å²) in [7, 11) is 1.83. The van der Waals surface area contributed by atoms with E-state index in [1.807, 2.05) is 7.11 Å². The van der Waals surface area contributed by atoms with Gasteiger partial charge in [0.15, 0.2) is 0 Å². The van der Waals surface area contributed by atoms with Crippen molar-refractivity contribution in [2.75, 3.05) is 7.11 Å². The molecule has 1 saturated carbocycles. The van der Waals surface area contributed by atoms with Crippen molar-refractivity contribution >= 4 is 0 Å². The Morgan fingerprint density at radius 2 is 2.00 bits per heavy atom. The van der Waals surface area contributed by atoms with E-state index in [9.17, 15) is 0 Å². The molecule has 0 aromatic heterocycles. The zero-order chi connectivity index (χ0) is 7.40. The van der Waals surface area contributed by atoms with Gasteiger partial charge in [-0.3, -0.25) is 0 Å². The maximum Gasteiger partial charge on any atom is 0.0602 e. The first-order valence-electron chi connectivity index (χ1n) is 4.20. The van der Waals surface area contributed by atoms with Crippen LogP contribution in [0.2, 0.25) is 0 Å². The lowest BCUT2D eigenvalue weighted by Gasteiger charge is -2.29. The van der Waals surface area contributed by atoms with Crippen LogP contribution in [0.15, 0.2) is 0 Å². The minimum absolute atomic E-state index is 0.513. The SMILES string of the molecule is C[CH]C1CCCCC1OC. The van der Waals surface area contributed by atoms with Crippen molar-refractivity contribution in [1.82, 2.24) is 0 Å². The van der Waals surface area contributed by atoms with Crippen LogP contribution in [0.3, 0.4) is 0 Å². The standard InChI is InChI=1S/C9H17O/c1-3-8-6-4-5-7-9(8)10-2/h3,8-9H,4-7H2,1-2H3. The molecule has 1 nitrogen and oxygen atoms in total. The molecule has 2 unspecified atom stereocenters. The van der Waals surface area contributed by atoms with Gasteiger partial charge in [-0.1, -0.05) is 19.8 Å². The highest BCUT2D eigenvalue weighted by atomic mass is 16.5. The third-order valence-corrected chi connectivity index (χ3v) is 2.48. The average Bonchev–Trinajstić information content (AvgIpc) is 2.04. The van der Waals surface area contributed by atoms with Crippen molar-refractivity contribution < 1.29 is 4.74 Å². The fourth-order valence-electron chi connectivity index (χ4n) is 1.80. The Balaban J connectivity index is 2.34. The second-order valence-electron chi connectivity index (χ2n) is 3.06. The summed E-state index contributed by atoms with van der Waals surface area (Å²) in [6.45, 7) is 2.14. The topological polar surface area (TPSA) is 9.23 Å². The molecule has 0 amide bonds. The summed E-state index contributed by atoms with van der Waals surface area (Å²) < 4.78 is 5.36. The highest BCUT2D eigenvalue weighted by Crippen LogP contribution is 2.27. The molecule has 0 heterocycles. The van der Waals surface area contributed by atoms with Crippen LogP contribution in [0.25, 0.3) is 0 Å². The lowest BCUT2D eigenvalue weighted by atomic mass is 9.85. The molecular weight excluding hydrogens is 124 g/mol. The van der Waals surface area contributed by atoms with Gasteiger partial charge in [0.2, 0.25) is 0 Å². The minimum Gasteiger partial charge on any atom is -0.381 e. The average molecular weight is 141 g/mol. The molecule has 1 fully saturated rings. The molecule has 1 rings (SSSR count). The second-order valence-corrected chi connectivity index (χ2v) is 3.06. The van der Waals surface area contributed by atoms with E-state index >= 15 is 0 Å². The number of rotatable bonds is 2. The second kappa shape index (κ2) is 3.97. The summed E-state index contributed by atoms with van der Waals surface area (Å²) in [5, 5.41) is 0. The Morgan fingerprint density at radius 3 is 2.50 bits per heavy atom. The van der Waals surface area contributed by atoms with E-state index in [0.717, 1.165) is 5.92 Å². The fourth-order valence-corrected chi connectivity index (χ4v) is 1.80. The van der Waals surface area contributed by atoms with Gasteiger partial charge in [0.05, 0.1) is 6.10 Å². The number of methoxy groups -OCH3 is 1. The van der Waals surface area contributed by atoms with Gasteiger partial charge in [0, 0.05) is 7.11 Å². The van der Waals surface area contributed by atoms with Crippen LogP contribution in [0, 0.1) is 12.3 Å². The van der Waals surface area contributed by atoms with Crippen LogP contribution in [0.5, 0.6) is 0 Å². The van der Waals surface area contributed by atoms with Gasteiger partial charge in [-0.2, -0.15) is 0 Å². The highest BCUT2D eigenvalue weighted by Gasteiger charge is 2.22. The molecule has 10 heavy (non-hydrogen) atoms. The summed E-state index contributed by atoms with van der Waals surface area (Å²) in [6, 6.07) is 0. The fraction of sp³-hybridized carbons (Fsp3) is 0.889. The predicted octanol–water partition coefficient (Wildman–Crippen LogP) is 2.42.